The molecule has 1 saturated heterocycles. The molecule has 1 aliphatic heterocycles. The molecule has 6 nitrogen and oxygen atoms in total. The van der Waals surface area contributed by atoms with Crippen LogP contribution in [0.25, 0.3) is 11.1 Å². The van der Waals surface area contributed by atoms with Gasteiger partial charge in [0.05, 0.1) is 11.9 Å². The maximum absolute atomic E-state index is 13.4. The molecule has 2 heterocycles. The van der Waals surface area contributed by atoms with Crippen molar-refractivity contribution in [3.63, 3.8) is 0 Å². The van der Waals surface area contributed by atoms with E-state index in [4.69, 9.17) is 22.1 Å². The summed E-state index contributed by atoms with van der Waals surface area (Å²) in [7, 11) is 0. The van der Waals surface area contributed by atoms with E-state index < -0.39 is 0 Å². The largest absolute Gasteiger partial charge is 0.390 e. The lowest BCUT2D eigenvalue weighted by Gasteiger charge is -2.22. The molecule has 0 spiro atoms. The van der Waals surface area contributed by atoms with Gasteiger partial charge in [-0.1, -0.05) is 41.6 Å². The van der Waals surface area contributed by atoms with E-state index in [9.17, 15) is 9.18 Å². The maximum atomic E-state index is 13.4. The van der Waals surface area contributed by atoms with E-state index in [1.807, 2.05) is 0 Å². The van der Waals surface area contributed by atoms with Gasteiger partial charge in [0.2, 0.25) is 0 Å². The SMILES string of the molecule is N/C=N\c1c(-c2ccc(F)cc2)c(C2CCCCO2)nn1C(=O)SC/C=C/Cl. The molecule has 1 aromatic carbocycles. The van der Waals surface area contributed by atoms with Crippen molar-refractivity contribution in [2.45, 2.75) is 25.4 Å². The lowest BCUT2D eigenvalue weighted by atomic mass is 9.98. The van der Waals surface area contributed by atoms with Gasteiger partial charge in [-0.05, 0) is 37.0 Å². The normalized spacial score (nSPS) is 17.6. The Morgan fingerprint density at radius 3 is 2.86 bits per heavy atom. The number of halogens is 2. The minimum absolute atomic E-state index is 0.262. The summed E-state index contributed by atoms with van der Waals surface area (Å²) in [6.45, 7) is 0.624. The third kappa shape index (κ3) is 4.63. The molecule has 0 saturated carbocycles. The van der Waals surface area contributed by atoms with Gasteiger partial charge < -0.3 is 10.5 Å². The Hall–Kier alpha value is -2.16. The molecule has 1 fully saturated rings. The lowest BCUT2D eigenvalue weighted by molar-refractivity contribution is 0.0125. The molecule has 0 bridgehead atoms. The number of ether oxygens (including phenoxy) is 1. The van der Waals surface area contributed by atoms with E-state index in [0.717, 1.165) is 37.4 Å². The Labute approximate surface area is 171 Å². The fraction of sp³-hybridized carbons (Fsp3) is 0.316. The number of aliphatic imine (C=N–C) groups is 1. The molecule has 0 radical (unpaired) electrons. The van der Waals surface area contributed by atoms with Crippen LogP contribution in [0.2, 0.25) is 0 Å². The summed E-state index contributed by atoms with van der Waals surface area (Å²) in [6, 6.07) is 5.98. The van der Waals surface area contributed by atoms with E-state index >= 15 is 0 Å². The molecular weight excluding hydrogens is 403 g/mol. The summed E-state index contributed by atoms with van der Waals surface area (Å²) in [5.41, 5.74) is 8.81. The molecule has 1 aliphatic rings. The van der Waals surface area contributed by atoms with Gasteiger partial charge in [0.15, 0.2) is 5.82 Å². The van der Waals surface area contributed by atoms with Crippen molar-refractivity contribution in [1.29, 1.82) is 0 Å². The fourth-order valence-corrected chi connectivity index (χ4v) is 3.81. The van der Waals surface area contributed by atoms with E-state index in [2.05, 4.69) is 10.1 Å². The first-order valence-electron chi connectivity index (χ1n) is 8.82. The molecule has 0 amide bonds. The highest BCUT2D eigenvalue weighted by Gasteiger charge is 2.29. The minimum atomic E-state index is -0.352. The number of benzene rings is 1. The first kappa shape index (κ1) is 20.6. The first-order valence-corrected chi connectivity index (χ1v) is 10.2. The average molecular weight is 423 g/mol. The summed E-state index contributed by atoms with van der Waals surface area (Å²) in [5.74, 6) is 0.343. The molecular formula is C19H20ClFN4O2S. The molecule has 28 heavy (non-hydrogen) atoms. The number of nitrogens with zero attached hydrogens (tertiary/aromatic N) is 3. The van der Waals surface area contributed by atoms with Gasteiger partial charge in [-0.3, -0.25) is 4.79 Å². The van der Waals surface area contributed by atoms with E-state index in [1.165, 1.54) is 22.3 Å². The van der Waals surface area contributed by atoms with Crippen LogP contribution >= 0.6 is 23.4 Å². The Morgan fingerprint density at radius 1 is 1.43 bits per heavy atom. The number of hydrogen-bond donors (Lipinski definition) is 1. The number of carbonyl (C=O) groups is 1. The van der Waals surface area contributed by atoms with Crippen molar-refractivity contribution < 1.29 is 13.9 Å². The molecule has 3 rings (SSSR count). The smallest absolute Gasteiger partial charge is 0.308 e. The van der Waals surface area contributed by atoms with Crippen molar-refractivity contribution in [2.75, 3.05) is 12.4 Å². The molecule has 148 valence electrons. The second-order valence-corrected chi connectivity index (χ2v) is 7.30. The van der Waals surface area contributed by atoms with Gasteiger partial charge in [0.25, 0.3) is 0 Å². The van der Waals surface area contributed by atoms with E-state index in [1.54, 1.807) is 18.2 Å². The zero-order chi connectivity index (χ0) is 19.9. The molecule has 2 aromatic rings. The lowest BCUT2D eigenvalue weighted by Crippen LogP contribution is -2.14. The van der Waals surface area contributed by atoms with Crippen molar-refractivity contribution in [3.05, 3.63) is 47.4 Å². The molecule has 0 aliphatic carbocycles. The van der Waals surface area contributed by atoms with Crippen LogP contribution in [0, 0.1) is 5.82 Å². The number of aromatic nitrogens is 2. The summed E-state index contributed by atoms with van der Waals surface area (Å²) in [5, 5.41) is 4.21. The number of thioether (sulfide) groups is 1. The second kappa shape index (κ2) is 9.86. The van der Waals surface area contributed by atoms with Crippen LogP contribution in [0.3, 0.4) is 0 Å². The minimum Gasteiger partial charge on any atom is -0.390 e. The average Bonchev–Trinajstić information content (AvgIpc) is 3.09. The zero-order valence-electron chi connectivity index (χ0n) is 15.1. The Balaban J connectivity index is 2.12. The number of nitrogens with two attached hydrogens (primary N) is 1. The van der Waals surface area contributed by atoms with Gasteiger partial charge in [0, 0.05) is 17.9 Å². The van der Waals surface area contributed by atoms with Gasteiger partial charge >= 0.3 is 5.24 Å². The predicted molar refractivity (Wildman–Crippen MR) is 111 cm³/mol. The van der Waals surface area contributed by atoms with Crippen molar-refractivity contribution >= 4 is 40.8 Å². The first-order chi connectivity index (χ1) is 13.7. The predicted octanol–water partition coefficient (Wildman–Crippen LogP) is 5.00. The third-order valence-corrected chi connectivity index (χ3v) is 5.22. The number of hydrogen-bond acceptors (Lipinski definition) is 5. The Bertz CT molecular complexity index is 877. The van der Waals surface area contributed by atoms with Crippen LogP contribution in [0.1, 0.15) is 31.1 Å². The molecule has 1 unspecified atom stereocenters. The van der Waals surface area contributed by atoms with Crippen LogP contribution in [0.5, 0.6) is 0 Å². The van der Waals surface area contributed by atoms with E-state index in [0.29, 0.717) is 35.0 Å². The van der Waals surface area contributed by atoms with Crippen LogP contribution in [-0.4, -0.2) is 33.7 Å². The Kier molecular flexibility index (Phi) is 7.24. The fourth-order valence-electron chi connectivity index (χ4n) is 3.03. The molecule has 9 heteroatoms. The van der Waals surface area contributed by atoms with Crippen LogP contribution in [0.4, 0.5) is 15.0 Å². The monoisotopic (exact) mass is 422 g/mol. The summed E-state index contributed by atoms with van der Waals surface area (Å²) >= 11 is 6.56. The van der Waals surface area contributed by atoms with Crippen LogP contribution < -0.4 is 5.73 Å². The quantitative estimate of drug-likeness (QED) is 0.541. The summed E-state index contributed by atoms with van der Waals surface area (Å²) in [6.07, 6.45) is 5.28. The summed E-state index contributed by atoms with van der Waals surface area (Å²) in [4.78, 5) is 16.9. The van der Waals surface area contributed by atoms with Gasteiger partial charge in [-0.2, -0.15) is 9.78 Å². The molecule has 1 aromatic heterocycles. The zero-order valence-corrected chi connectivity index (χ0v) is 16.6. The summed E-state index contributed by atoms with van der Waals surface area (Å²) < 4.78 is 20.6. The van der Waals surface area contributed by atoms with Gasteiger partial charge in [0.1, 0.15) is 17.6 Å². The number of rotatable bonds is 5. The molecule has 2 N–H and O–H groups in total. The Morgan fingerprint density at radius 2 is 2.21 bits per heavy atom. The second-order valence-electron chi connectivity index (χ2n) is 6.07. The van der Waals surface area contributed by atoms with Crippen LogP contribution in [0.15, 0.2) is 40.9 Å². The standard InChI is InChI=1S/C19H20ClFN4O2S/c20-9-3-11-28-19(26)25-18(23-12-22)16(13-5-7-14(21)8-6-13)17(24-25)15-4-1-2-10-27-15/h3,5-9,12,15H,1-2,4,10-11H2,(H2,22,23)/b9-3+. The van der Waals surface area contributed by atoms with Gasteiger partial charge in [-0.25, -0.2) is 9.38 Å². The van der Waals surface area contributed by atoms with E-state index in [-0.39, 0.29) is 17.2 Å². The highest BCUT2D eigenvalue weighted by Crippen LogP contribution is 2.41. The number of carbonyl (C=O) groups excluding carboxylic acids is 1. The van der Waals surface area contributed by atoms with Crippen molar-refractivity contribution in [1.82, 2.24) is 9.78 Å². The highest BCUT2D eigenvalue weighted by molar-refractivity contribution is 8.13. The highest BCUT2D eigenvalue weighted by atomic mass is 35.5. The van der Waals surface area contributed by atoms with Gasteiger partial charge in [-0.15, -0.1) is 0 Å². The third-order valence-electron chi connectivity index (χ3n) is 4.27. The van der Waals surface area contributed by atoms with Crippen LogP contribution in [-0.2, 0) is 4.74 Å². The maximum Gasteiger partial charge on any atom is 0.308 e. The van der Waals surface area contributed by atoms with Crippen molar-refractivity contribution in [2.24, 2.45) is 10.7 Å². The van der Waals surface area contributed by atoms with Crippen molar-refractivity contribution in [3.8, 4) is 11.1 Å². The topological polar surface area (TPSA) is 82.5 Å². The molecule has 1 atom stereocenters.